The number of benzene rings is 2. The molecular weight excluding hydrogens is 524 g/mol. The van der Waals surface area contributed by atoms with E-state index in [1.807, 2.05) is 25.2 Å². The number of hydrogen-bond acceptors (Lipinski definition) is 10. The number of hydrogen-bond donors (Lipinski definition) is 2. The summed E-state index contributed by atoms with van der Waals surface area (Å²) in [6, 6.07) is 8.96. The zero-order valence-electron chi connectivity index (χ0n) is 23.0. The Kier molecular flexibility index (Phi) is 10.8. The maximum absolute atomic E-state index is 12.9. The first-order chi connectivity index (χ1) is 18.8. The van der Waals surface area contributed by atoms with Gasteiger partial charge in [0.2, 0.25) is 0 Å². The third kappa shape index (κ3) is 7.74. The second-order valence-electron chi connectivity index (χ2n) is 8.40. The number of amides is 2. The number of methoxy groups -OCH3 is 5. The van der Waals surface area contributed by atoms with Crippen LogP contribution in [0.25, 0.3) is 0 Å². The SMILES string of the molecule is COc1ccc(CCN(C)CCNC(=O)c2csc(NC(=O)c3cc(OC)c(OC)cc3OC)n2)cc1OC. The number of anilines is 1. The minimum absolute atomic E-state index is 0.225. The average Bonchev–Trinajstić information content (AvgIpc) is 3.43. The highest BCUT2D eigenvalue weighted by Gasteiger charge is 2.20. The van der Waals surface area contributed by atoms with Crippen LogP contribution in [0.4, 0.5) is 5.13 Å². The number of carbonyl (C=O) groups excluding carboxylic acids is 2. The zero-order chi connectivity index (χ0) is 28.4. The van der Waals surface area contributed by atoms with E-state index in [0.717, 1.165) is 29.9 Å². The highest BCUT2D eigenvalue weighted by Crippen LogP contribution is 2.35. The number of carbonyl (C=O) groups is 2. The van der Waals surface area contributed by atoms with Crippen LogP contribution in [0.15, 0.2) is 35.7 Å². The van der Waals surface area contributed by atoms with Crippen molar-refractivity contribution in [3.63, 3.8) is 0 Å². The smallest absolute Gasteiger partial charge is 0.270 e. The summed E-state index contributed by atoms with van der Waals surface area (Å²) in [7, 11) is 9.65. The molecule has 0 fully saturated rings. The lowest BCUT2D eigenvalue weighted by molar-refractivity contribution is 0.0944. The standard InChI is InChI=1S/C27H34N4O7S/c1-31(11-9-17-7-8-20(34-2)22(13-17)36-4)12-10-28-26(33)19-16-39-27(29-19)30-25(32)18-14-23(37-5)24(38-6)15-21(18)35-3/h7-8,13-16H,9-12H2,1-6H3,(H,28,33)(H,29,30,32). The summed E-state index contributed by atoms with van der Waals surface area (Å²) in [4.78, 5) is 31.8. The minimum Gasteiger partial charge on any atom is -0.496 e. The fourth-order valence-electron chi connectivity index (χ4n) is 3.73. The van der Waals surface area contributed by atoms with Crippen molar-refractivity contribution >= 4 is 28.3 Å². The lowest BCUT2D eigenvalue weighted by Crippen LogP contribution is -2.34. The lowest BCUT2D eigenvalue weighted by atomic mass is 10.1. The fourth-order valence-corrected chi connectivity index (χ4v) is 4.41. The Morgan fingerprint density at radius 3 is 2.13 bits per heavy atom. The van der Waals surface area contributed by atoms with Gasteiger partial charge in [-0.05, 0) is 31.2 Å². The molecule has 0 radical (unpaired) electrons. The summed E-state index contributed by atoms with van der Waals surface area (Å²) >= 11 is 1.15. The number of ether oxygens (including phenoxy) is 5. The predicted octanol–water partition coefficient (Wildman–Crippen LogP) is 3.34. The molecule has 1 aromatic heterocycles. The van der Waals surface area contributed by atoms with Gasteiger partial charge in [-0.25, -0.2) is 4.98 Å². The summed E-state index contributed by atoms with van der Waals surface area (Å²) in [6.07, 6.45) is 0.824. The second-order valence-corrected chi connectivity index (χ2v) is 9.26. The van der Waals surface area contributed by atoms with Gasteiger partial charge in [0.05, 0.1) is 41.1 Å². The van der Waals surface area contributed by atoms with Crippen molar-refractivity contribution in [2.75, 3.05) is 67.5 Å². The summed E-state index contributed by atoms with van der Waals surface area (Å²) in [5.74, 6) is 1.76. The van der Waals surface area contributed by atoms with Crippen molar-refractivity contribution in [2.45, 2.75) is 6.42 Å². The average molecular weight is 559 g/mol. The molecule has 0 aliphatic heterocycles. The van der Waals surface area contributed by atoms with Crippen LogP contribution in [0.5, 0.6) is 28.7 Å². The van der Waals surface area contributed by atoms with Crippen LogP contribution in [-0.4, -0.2) is 83.9 Å². The number of aromatic nitrogens is 1. The first-order valence-corrected chi connectivity index (χ1v) is 13.0. The Morgan fingerprint density at radius 1 is 0.821 bits per heavy atom. The van der Waals surface area contributed by atoms with Crippen molar-refractivity contribution in [2.24, 2.45) is 0 Å². The summed E-state index contributed by atoms with van der Waals surface area (Å²) in [5, 5.41) is 7.46. The van der Waals surface area contributed by atoms with Crippen LogP contribution in [0.3, 0.4) is 0 Å². The molecule has 0 saturated heterocycles. The normalized spacial score (nSPS) is 10.6. The van der Waals surface area contributed by atoms with E-state index >= 15 is 0 Å². The molecule has 0 spiro atoms. The number of nitrogens with one attached hydrogen (secondary N) is 2. The molecule has 0 unspecified atom stereocenters. The quantitative estimate of drug-likeness (QED) is 0.307. The molecule has 2 aromatic carbocycles. The summed E-state index contributed by atoms with van der Waals surface area (Å²) in [5.41, 5.74) is 1.60. The number of thiazole rings is 1. The van der Waals surface area contributed by atoms with E-state index in [2.05, 4.69) is 20.5 Å². The first kappa shape index (κ1) is 29.5. The van der Waals surface area contributed by atoms with E-state index in [4.69, 9.17) is 23.7 Å². The summed E-state index contributed by atoms with van der Waals surface area (Å²) < 4.78 is 26.5. The third-order valence-electron chi connectivity index (χ3n) is 5.92. The van der Waals surface area contributed by atoms with Crippen LogP contribution in [0.2, 0.25) is 0 Å². The van der Waals surface area contributed by atoms with Crippen LogP contribution in [-0.2, 0) is 6.42 Å². The molecule has 2 amide bonds. The Labute approximate surface area is 232 Å². The Bertz CT molecular complexity index is 1280. The molecule has 3 rings (SSSR count). The molecule has 0 saturated carbocycles. The molecule has 0 aliphatic carbocycles. The van der Waals surface area contributed by atoms with E-state index in [1.165, 1.54) is 27.4 Å². The molecule has 1 heterocycles. The van der Waals surface area contributed by atoms with Crippen molar-refractivity contribution in [1.82, 2.24) is 15.2 Å². The van der Waals surface area contributed by atoms with Gasteiger partial charge >= 0.3 is 0 Å². The monoisotopic (exact) mass is 558 g/mol. The number of nitrogens with zero attached hydrogens (tertiary/aromatic N) is 2. The maximum atomic E-state index is 12.9. The second kappa shape index (κ2) is 14.2. The molecule has 0 atom stereocenters. The van der Waals surface area contributed by atoms with Crippen molar-refractivity contribution in [1.29, 1.82) is 0 Å². The summed E-state index contributed by atoms with van der Waals surface area (Å²) in [6.45, 7) is 1.91. The Balaban J connectivity index is 1.49. The zero-order valence-corrected chi connectivity index (χ0v) is 23.8. The van der Waals surface area contributed by atoms with Crippen molar-refractivity contribution in [3.05, 3.63) is 52.5 Å². The van der Waals surface area contributed by atoms with Gasteiger partial charge in [-0.1, -0.05) is 6.07 Å². The Morgan fingerprint density at radius 2 is 1.46 bits per heavy atom. The van der Waals surface area contributed by atoms with Gasteiger partial charge in [-0.2, -0.15) is 0 Å². The van der Waals surface area contributed by atoms with Crippen molar-refractivity contribution in [3.8, 4) is 28.7 Å². The lowest BCUT2D eigenvalue weighted by Gasteiger charge is -2.17. The molecule has 0 bridgehead atoms. The maximum Gasteiger partial charge on any atom is 0.270 e. The van der Waals surface area contributed by atoms with E-state index in [9.17, 15) is 9.59 Å². The van der Waals surface area contributed by atoms with Crippen LogP contribution < -0.4 is 34.3 Å². The van der Waals surface area contributed by atoms with Gasteiger partial charge in [-0.15, -0.1) is 11.3 Å². The Hall–Kier alpha value is -4.03. The van der Waals surface area contributed by atoms with Gasteiger partial charge in [-0.3, -0.25) is 14.9 Å². The minimum atomic E-state index is -0.454. The fraction of sp³-hybridized carbons (Fsp3) is 0.370. The van der Waals surface area contributed by atoms with Gasteiger partial charge in [0.25, 0.3) is 11.8 Å². The van der Waals surface area contributed by atoms with Gasteiger partial charge in [0.1, 0.15) is 11.4 Å². The van der Waals surface area contributed by atoms with E-state index in [1.54, 1.807) is 25.7 Å². The first-order valence-electron chi connectivity index (χ1n) is 12.1. The molecule has 3 aromatic rings. The molecule has 39 heavy (non-hydrogen) atoms. The molecule has 12 heteroatoms. The molecule has 2 N–H and O–H groups in total. The molecular formula is C27H34N4O7S. The number of rotatable bonds is 14. The van der Waals surface area contributed by atoms with E-state index in [0.29, 0.717) is 41.8 Å². The largest absolute Gasteiger partial charge is 0.496 e. The molecule has 210 valence electrons. The molecule has 11 nitrogen and oxygen atoms in total. The van der Waals surface area contributed by atoms with E-state index < -0.39 is 5.91 Å². The van der Waals surface area contributed by atoms with Crippen LogP contribution in [0.1, 0.15) is 26.4 Å². The van der Waals surface area contributed by atoms with Crippen molar-refractivity contribution < 1.29 is 33.3 Å². The van der Waals surface area contributed by atoms with Gasteiger partial charge in [0, 0.05) is 37.1 Å². The number of likely N-dealkylation sites (N-methyl/N-ethyl adjacent to an activating group) is 1. The highest BCUT2D eigenvalue weighted by molar-refractivity contribution is 7.14. The van der Waals surface area contributed by atoms with Gasteiger partial charge in [0.15, 0.2) is 28.1 Å². The third-order valence-corrected chi connectivity index (χ3v) is 6.67. The predicted molar refractivity (Wildman–Crippen MR) is 149 cm³/mol. The van der Waals surface area contributed by atoms with Crippen LogP contribution >= 0.6 is 11.3 Å². The van der Waals surface area contributed by atoms with E-state index in [-0.39, 0.29) is 22.3 Å². The van der Waals surface area contributed by atoms with Crippen LogP contribution in [0, 0.1) is 0 Å². The topological polar surface area (TPSA) is 120 Å². The van der Waals surface area contributed by atoms with Gasteiger partial charge < -0.3 is 33.9 Å². The molecule has 0 aliphatic rings. The highest BCUT2D eigenvalue weighted by atomic mass is 32.1.